The molecule has 2 amide bonds. The summed E-state index contributed by atoms with van der Waals surface area (Å²) in [7, 11) is 1.55. The Bertz CT molecular complexity index is 901. The molecule has 0 bridgehead atoms. The Kier molecular flexibility index (Phi) is 8.18. The maximum atomic E-state index is 12.5. The third-order valence-corrected chi connectivity index (χ3v) is 5.77. The molecule has 0 radical (unpaired) electrons. The Labute approximate surface area is 188 Å². The fourth-order valence-corrected chi connectivity index (χ4v) is 3.96. The smallest absolute Gasteiger partial charge is 0.260 e. The minimum atomic E-state index is -0.0626. The molecule has 0 aromatic heterocycles. The molecule has 0 saturated carbocycles. The number of carbonyl (C=O) groups excluding carboxylic acids is 2. The van der Waals surface area contributed by atoms with Crippen molar-refractivity contribution in [2.75, 3.05) is 32.1 Å². The van der Waals surface area contributed by atoms with Crippen LogP contribution in [0.15, 0.2) is 42.5 Å². The second-order valence-corrected chi connectivity index (χ2v) is 8.29. The molecule has 7 heteroatoms. The lowest BCUT2D eigenvalue weighted by Gasteiger charge is -2.32. The summed E-state index contributed by atoms with van der Waals surface area (Å²) in [6, 6.07) is 12.8. The number of hydrogen-bond acceptors (Lipinski definition) is 4. The van der Waals surface area contributed by atoms with Gasteiger partial charge in [0, 0.05) is 25.2 Å². The zero-order valence-electron chi connectivity index (χ0n) is 18.0. The monoisotopic (exact) mass is 444 g/mol. The van der Waals surface area contributed by atoms with Gasteiger partial charge in [-0.05, 0) is 62.4 Å². The Hall–Kier alpha value is -2.73. The van der Waals surface area contributed by atoms with Gasteiger partial charge in [-0.1, -0.05) is 29.3 Å². The molecule has 1 aliphatic heterocycles. The summed E-state index contributed by atoms with van der Waals surface area (Å²) in [5.41, 5.74) is 1.79. The van der Waals surface area contributed by atoms with Gasteiger partial charge < -0.3 is 19.7 Å². The molecule has 2 aromatic carbocycles. The summed E-state index contributed by atoms with van der Waals surface area (Å²) in [4.78, 5) is 26.7. The second kappa shape index (κ2) is 11.0. The molecule has 1 unspecified atom stereocenters. The van der Waals surface area contributed by atoms with E-state index < -0.39 is 0 Å². The summed E-state index contributed by atoms with van der Waals surface area (Å²) in [6.07, 6.45) is 3.09. The van der Waals surface area contributed by atoms with Crippen LogP contribution in [0.2, 0.25) is 5.02 Å². The third-order valence-electron chi connectivity index (χ3n) is 5.47. The third kappa shape index (κ3) is 6.89. The molecule has 1 fully saturated rings. The number of amides is 2. The highest BCUT2D eigenvalue weighted by molar-refractivity contribution is 6.32. The van der Waals surface area contributed by atoms with E-state index in [2.05, 4.69) is 5.32 Å². The van der Waals surface area contributed by atoms with Gasteiger partial charge in [-0.25, -0.2) is 0 Å². The van der Waals surface area contributed by atoms with E-state index in [0.29, 0.717) is 41.1 Å². The van der Waals surface area contributed by atoms with E-state index in [1.165, 1.54) is 0 Å². The summed E-state index contributed by atoms with van der Waals surface area (Å²) in [6.45, 7) is 3.45. The van der Waals surface area contributed by atoms with Crippen molar-refractivity contribution in [1.82, 2.24) is 4.90 Å². The van der Waals surface area contributed by atoms with Gasteiger partial charge in [0.15, 0.2) is 6.61 Å². The summed E-state index contributed by atoms with van der Waals surface area (Å²) in [5.74, 6) is 1.50. The normalized spacial score (nSPS) is 16.0. The zero-order valence-corrected chi connectivity index (χ0v) is 18.8. The largest absolute Gasteiger partial charge is 0.495 e. The highest BCUT2D eigenvalue weighted by atomic mass is 35.5. The molecular weight excluding hydrogens is 416 g/mol. The van der Waals surface area contributed by atoms with Crippen LogP contribution in [-0.2, 0) is 9.59 Å². The fourth-order valence-electron chi connectivity index (χ4n) is 3.70. The molecule has 6 nitrogen and oxygen atoms in total. The lowest BCUT2D eigenvalue weighted by atomic mass is 9.93. The van der Waals surface area contributed by atoms with Crippen LogP contribution in [0.1, 0.15) is 31.2 Å². The van der Waals surface area contributed by atoms with Crippen molar-refractivity contribution < 1.29 is 19.1 Å². The Morgan fingerprint density at radius 3 is 2.68 bits per heavy atom. The number of piperidine rings is 1. The van der Waals surface area contributed by atoms with Crippen molar-refractivity contribution in [2.24, 2.45) is 5.92 Å². The van der Waals surface area contributed by atoms with Gasteiger partial charge >= 0.3 is 0 Å². The van der Waals surface area contributed by atoms with Gasteiger partial charge in [0.05, 0.1) is 12.1 Å². The number of carbonyl (C=O) groups is 2. The van der Waals surface area contributed by atoms with Crippen LogP contribution in [-0.4, -0.2) is 43.5 Å². The van der Waals surface area contributed by atoms with E-state index in [9.17, 15) is 9.59 Å². The summed E-state index contributed by atoms with van der Waals surface area (Å²) < 4.78 is 10.7. The summed E-state index contributed by atoms with van der Waals surface area (Å²) >= 11 is 6.11. The van der Waals surface area contributed by atoms with Gasteiger partial charge in [0.25, 0.3) is 5.91 Å². The number of halogens is 1. The first kappa shape index (κ1) is 22.9. The van der Waals surface area contributed by atoms with E-state index in [-0.39, 0.29) is 18.4 Å². The van der Waals surface area contributed by atoms with Crippen LogP contribution in [0.3, 0.4) is 0 Å². The molecule has 1 N–H and O–H groups in total. The van der Waals surface area contributed by atoms with E-state index in [4.69, 9.17) is 21.1 Å². The first-order valence-electron chi connectivity index (χ1n) is 10.5. The van der Waals surface area contributed by atoms with E-state index in [0.717, 1.165) is 31.4 Å². The maximum absolute atomic E-state index is 12.5. The van der Waals surface area contributed by atoms with Crippen molar-refractivity contribution in [3.63, 3.8) is 0 Å². The molecule has 0 spiro atoms. The Morgan fingerprint density at radius 1 is 1.19 bits per heavy atom. The molecule has 31 heavy (non-hydrogen) atoms. The fraction of sp³-hybridized carbons (Fsp3) is 0.417. The van der Waals surface area contributed by atoms with Crippen molar-refractivity contribution >= 4 is 29.1 Å². The van der Waals surface area contributed by atoms with E-state index >= 15 is 0 Å². The number of likely N-dealkylation sites (tertiary alicyclic amines) is 1. The first-order chi connectivity index (χ1) is 14.9. The molecule has 1 heterocycles. The van der Waals surface area contributed by atoms with E-state index in [1.807, 2.05) is 36.1 Å². The van der Waals surface area contributed by atoms with Gasteiger partial charge in [-0.15, -0.1) is 0 Å². The number of ether oxygens (including phenoxy) is 2. The second-order valence-electron chi connectivity index (χ2n) is 7.89. The van der Waals surface area contributed by atoms with Gasteiger partial charge in [-0.3, -0.25) is 9.59 Å². The number of rotatable bonds is 8. The molecule has 1 aliphatic rings. The minimum Gasteiger partial charge on any atom is -0.495 e. The van der Waals surface area contributed by atoms with Crippen molar-refractivity contribution in [3.05, 3.63) is 53.1 Å². The van der Waals surface area contributed by atoms with Crippen LogP contribution in [0, 0.1) is 12.8 Å². The molecule has 1 atom stereocenters. The molecule has 0 aliphatic carbocycles. The van der Waals surface area contributed by atoms with Gasteiger partial charge in [-0.2, -0.15) is 0 Å². The van der Waals surface area contributed by atoms with Crippen LogP contribution >= 0.6 is 11.6 Å². The number of benzene rings is 2. The van der Waals surface area contributed by atoms with Gasteiger partial charge in [0.2, 0.25) is 5.91 Å². The number of anilines is 1. The highest BCUT2D eigenvalue weighted by Crippen LogP contribution is 2.27. The van der Waals surface area contributed by atoms with Crippen LogP contribution in [0.4, 0.5) is 5.69 Å². The topological polar surface area (TPSA) is 67.9 Å². The standard InChI is InChI=1S/C24H29ClN2O4/c1-17-5-9-20(10-6-17)31-16-24(29)27-13-3-4-18(15-27)7-12-23(28)26-19-8-11-22(30-2)21(25)14-19/h5-6,8-11,14,18H,3-4,7,12-13,15-16H2,1-2H3,(H,26,28). The predicted molar refractivity (Wildman–Crippen MR) is 122 cm³/mol. The average Bonchev–Trinajstić information content (AvgIpc) is 2.77. The molecular formula is C24H29ClN2O4. The van der Waals surface area contributed by atoms with Crippen molar-refractivity contribution in [2.45, 2.75) is 32.6 Å². The van der Waals surface area contributed by atoms with Crippen LogP contribution in [0.5, 0.6) is 11.5 Å². The Balaban J connectivity index is 1.42. The van der Waals surface area contributed by atoms with Gasteiger partial charge in [0.1, 0.15) is 11.5 Å². The zero-order chi connectivity index (χ0) is 22.2. The summed E-state index contributed by atoms with van der Waals surface area (Å²) in [5, 5.41) is 3.32. The predicted octanol–water partition coefficient (Wildman–Crippen LogP) is 4.69. The van der Waals surface area contributed by atoms with Crippen molar-refractivity contribution in [1.29, 1.82) is 0 Å². The first-order valence-corrected chi connectivity index (χ1v) is 10.9. The van der Waals surface area contributed by atoms with Crippen LogP contribution in [0.25, 0.3) is 0 Å². The molecule has 3 rings (SSSR count). The maximum Gasteiger partial charge on any atom is 0.260 e. The molecule has 166 valence electrons. The lowest BCUT2D eigenvalue weighted by molar-refractivity contribution is -0.135. The quantitative estimate of drug-likeness (QED) is 0.641. The number of nitrogens with one attached hydrogen (secondary N) is 1. The SMILES string of the molecule is COc1ccc(NC(=O)CCC2CCCN(C(=O)COc3ccc(C)cc3)C2)cc1Cl. The molecule has 2 aromatic rings. The number of aryl methyl sites for hydroxylation is 1. The minimum absolute atomic E-state index is 0.0115. The molecule has 1 saturated heterocycles. The average molecular weight is 445 g/mol. The number of nitrogens with zero attached hydrogens (tertiary/aromatic N) is 1. The van der Waals surface area contributed by atoms with Crippen LogP contribution < -0.4 is 14.8 Å². The van der Waals surface area contributed by atoms with Crippen molar-refractivity contribution in [3.8, 4) is 11.5 Å². The number of methoxy groups -OCH3 is 1. The lowest BCUT2D eigenvalue weighted by Crippen LogP contribution is -2.42. The Morgan fingerprint density at radius 2 is 1.97 bits per heavy atom. The highest BCUT2D eigenvalue weighted by Gasteiger charge is 2.24. The van der Waals surface area contributed by atoms with E-state index in [1.54, 1.807) is 25.3 Å². The number of hydrogen-bond donors (Lipinski definition) is 1.